The first kappa shape index (κ1) is 17.0. The summed E-state index contributed by atoms with van der Waals surface area (Å²) in [7, 11) is -2.43. The molecule has 1 atom stereocenters. The molecule has 1 aliphatic carbocycles. The van der Waals surface area contributed by atoms with Crippen LogP contribution in [0.5, 0.6) is 0 Å². The summed E-state index contributed by atoms with van der Waals surface area (Å²) in [5.74, 6) is 0.121. The van der Waals surface area contributed by atoms with E-state index in [2.05, 4.69) is 4.99 Å². The van der Waals surface area contributed by atoms with Gasteiger partial charge < -0.3 is 4.74 Å². The summed E-state index contributed by atoms with van der Waals surface area (Å²) in [5.41, 5.74) is 0.993. The molecule has 1 heterocycles. The van der Waals surface area contributed by atoms with E-state index in [1.54, 1.807) is 24.3 Å². The van der Waals surface area contributed by atoms with Crippen LogP contribution in [0.3, 0.4) is 0 Å². The first-order valence-corrected chi connectivity index (χ1v) is 9.62. The molecule has 0 saturated heterocycles. The number of benzene rings is 1. The standard InChI is InChI=1S/C17H22N2O4S/c1-12-7-9-14(10-8-12)24(21,22)19-11-15(17(20)23-2)18-16(19)13-5-3-4-6-13/h7-10,13,15H,3-6,11H2,1-2H3/t15-/m0/s1. The molecule has 1 aromatic carbocycles. The lowest BCUT2D eigenvalue weighted by Crippen LogP contribution is -2.39. The van der Waals surface area contributed by atoms with Crippen molar-refractivity contribution in [2.24, 2.45) is 10.9 Å². The molecule has 0 radical (unpaired) electrons. The zero-order valence-corrected chi connectivity index (χ0v) is 14.8. The van der Waals surface area contributed by atoms with Crippen molar-refractivity contribution in [1.82, 2.24) is 4.31 Å². The number of hydrogen-bond donors (Lipinski definition) is 0. The van der Waals surface area contributed by atoms with Gasteiger partial charge in [0.2, 0.25) is 0 Å². The maximum Gasteiger partial charge on any atom is 0.332 e. The molecule has 0 unspecified atom stereocenters. The average molecular weight is 350 g/mol. The van der Waals surface area contributed by atoms with Crippen LogP contribution >= 0.6 is 0 Å². The Labute approximate surface area is 142 Å². The van der Waals surface area contributed by atoms with E-state index in [-0.39, 0.29) is 17.4 Å². The van der Waals surface area contributed by atoms with E-state index in [1.807, 2.05) is 6.92 Å². The van der Waals surface area contributed by atoms with E-state index < -0.39 is 22.0 Å². The van der Waals surface area contributed by atoms with Crippen LogP contribution in [0.1, 0.15) is 31.2 Å². The van der Waals surface area contributed by atoms with Gasteiger partial charge in [-0.1, -0.05) is 30.5 Å². The number of rotatable bonds is 4. The Morgan fingerprint density at radius 3 is 2.42 bits per heavy atom. The number of hydrogen-bond acceptors (Lipinski definition) is 5. The molecule has 24 heavy (non-hydrogen) atoms. The van der Waals surface area contributed by atoms with E-state index in [0.717, 1.165) is 31.2 Å². The number of ether oxygens (including phenoxy) is 1. The molecule has 1 aromatic rings. The van der Waals surface area contributed by atoms with Gasteiger partial charge in [0.05, 0.1) is 18.6 Å². The van der Waals surface area contributed by atoms with Gasteiger partial charge in [0.15, 0.2) is 6.04 Å². The molecule has 0 amide bonds. The highest BCUT2D eigenvalue weighted by Crippen LogP contribution is 2.33. The number of esters is 1. The predicted octanol–water partition coefficient (Wildman–Crippen LogP) is 2.13. The number of aliphatic imine (C=N–C) groups is 1. The summed E-state index contributed by atoms with van der Waals surface area (Å²) < 4.78 is 32.2. The molecule has 130 valence electrons. The highest BCUT2D eigenvalue weighted by molar-refractivity contribution is 7.89. The fourth-order valence-corrected chi connectivity index (χ4v) is 4.84. The third-order valence-electron chi connectivity index (χ3n) is 4.68. The second-order valence-corrected chi connectivity index (χ2v) is 8.22. The monoisotopic (exact) mass is 350 g/mol. The topological polar surface area (TPSA) is 76.0 Å². The van der Waals surface area contributed by atoms with Crippen molar-refractivity contribution in [3.63, 3.8) is 0 Å². The van der Waals surface area contributed by atoms with Crippen molar-refractivity contribution in [1.29, 1.82) is 0 Å². The number of sulfonamides is 1. The van der Waals surface area contributed by atoms with Crippen LogP contribution in [0.4, 0.5) is 0 Å². The molecule has 1 fully saturated rings. The lowest BCUT2D eigenvalue weighted by atomic mass is 10.1. The van der Waals surface area contributed by atoms with E-state index >= 15 is 0 Å². The fraction of sp³-hybridized carbons (Fsp3) is 0.529. The van der Waals surface area contributed by atoms with Crippen LogP contribution in [0.15, 0.2) is 34.2 Å². The second kappa shape index (κ2) is 6.55. The molecule has 0 bridgehead atoms. The van der Waals surface area contributed by atoms with Gasteiger partial charge in [-0.25, -0.2) is 13.2 Å². The van der Waals surface area contributed by atoms with Crippen LogP contribution in [0.25, 0.3) is 0 Å². The molecule has 2 aliphatic rings. The first-order chi connectivity index (χ1) is 11.4. The minimum atomic E-state index is -3.72. The average Bonchev–Trinajstić information content (AvgIpc) is 3.23. The van der Waals surface area contributed by atoms with Crippen LogP contribution in [0, 0.1) is 12.8 Å². The maximum atomic E-state index is 13.1. The molecular formula is C17H22N2O4S. The SMILES string of the molecule is COC(=O)[C@@H]1CN(S(=O)(=O)c2ccc(C)cc2)C(C2CCCC2)=N1. The summed E-state index contributed by atoms with van der Waals surface area (Å²) >= 11 is 0. The zero-order valence-electron chi connectivity index (χ0n) is 13.9. The van der Waals surface area contributed by atoms with E-state index in [4.69, 9.17) is 4.74 Å². The normalized spacial score (nSPS) is 21.8. The van der Waals surface area contributed by atoms with Gasteiger partial charge in [0.25, 0.3) is 10.0 Å². The van der Waals surface area contributed by atoms with Crippen LogP contribution in [-0.2, 0) is 19.6 Å². The molecule has 0 spiro atoms. The van der Waals surface area contributed by atoms with Crippen molar-refractivity contribution in [2.75, 3.05) is 13.7 Å². The highest BCUT2D eigenvalue weighted by Gasteiger charge is 2.41. The smallest absolute Gasteiger partial charge is 0.332 e. The van der Waals surface area contributed by atoms with Crippen LogP contribution in [0.2, 0.25) is 0 Å². The quantitative estimate of drug-likeness (QED) is 0.780. The predicted molar refractivity (Wildman–Crippen MR) is 90.3 cm³/mol. The Kier molecular flexibility index (Phi) is 4.62. The van der Waals surface area contributed by atoms with Gasteiger partial charge in [0.1, 0.15) is 5.84 Å². The van der Waals surface area contributed by atoms with Crippen molar-refractivity contribution in [2.45, 2.75) is 43.5 Å². The van der Waals surface area contributed by atoms with Gasteiger partial charge in [0, 0.05) is 5.92 Å². The van der Waals surface area contributed by atoms with Gasteiger partial charge in [-0.05, 0) is 31.9 Å². The van der Waals surface area contributed by atoms with Crippen LogP contribution < -0.4 is 0 Å². The number of carbonyl (C=O) groups excluding carboxylic acids is 1. The van der Waals surface area contributed by atoms with E-state index in [9.17, 15) is 13.2 Å². The van der Waals surface area contributed by atoms with E-state index in [1.165, 1.54) is 11.4 Å². The van der Waals surface area contributed by atoms with Gasteiger partial charge in [-0.3, -0.25) is 9.30 Å². The Hall–Kier alpha value is -1.89. The molecule has 3 rings (SSSR count). The number of nitrogens with zero attached hydrogens (tertiary/aromatic N) is 2. The first-order valence-electron chi connectivity index (χ1n) is 8.18. The zero-order chi connectivity index (χ0) is 17.3. The van der Waals surface area contributed by atoms with Crippen molar-refractivity contribution < 1.29 is 17.9 Å². The number of aryl methyl sites for hydroxylation is 1. The minimum Gasteiger partial charge on any atom is -0.467 e. The van der Waals surface area contributed by atoms with E-state index in [0.29, 0.717) is 5.84 Å². The Morgan fingerprint density at radius 2 is 1.83 bits per heavy atom. The lowest BCUT2D eigenvalue weighted by Gasteiger charge is -2.24. The second-order valence-electron chi connectivity index (χ2n) is 6.36. The third kappa shape index (κ3) is 3.05. The molecule has 0 aromatic heterocycles. The number of amidine groups is 1. The number of methoxy groups -OCH3 is 1. The van der Waals surface area contributed by atoms with Gasteiger partial charge in [-0.2, -0.15) is 0 Å². The highest BCUT2D eigenvalue weighted by atomic mass is 32.2. The van der Waals surface area contributed by atoms with Crippen molar-refractivity contribution >= 4 is 21.8 Å². The minimum absolute atomic E-state index is 0.0225. The van der Waals surface area contributed by atoms with Crippen molar-refractivity contribution in [3.05, 3.63) is 29.8 Å². The number of carbonyl (C=O) groups is 1. The van der Waals surface area contributed by atoms with Gasteiger partial charge >= 0.3 is 5.97 Å². The van der Waals surface area contributed by atoms with Gasteiger partial charge in [-0.15, -0.1) is 0 Å². The van der Waals surface area contributed by atoms with Crippen LogP contribution in [-0.4, -0.2) is 44.2 Å². The fourth-order valence-electron chi connectivity index (χ4n) is 3.33. The summed E-state index contributed by atoms with van der Waals surface area (Å²) in [6.07, 6.45) is 3.94. The largest absolute Gasteiger partial charge is 0.467 e. The molecule has 7 heteroatoms. The Morgan fingerprint density at radius 1 is 1.21 bits per heavy atom. The van der Waals surface area contributed by atoms with Crippen molar-refractivity contribution in [3.8, 4) is 0 Å². The summed E-state index contributed by atoms with van der Waals surface area (Å²) in [6.45, 7) is 1.93. The molecule has 6 nitrogen and oxygen atoms in total. The molecular weight excluding hydrogens is 328 g/mol. The molecule has 1 aliphatic heterocycles. The summed E-state index contributed by atoms with van der Waals surface area (Å²) in [4.78, 5) is 16.5. The summed E-state index contributed by atoms with van der Waals surface area (Å²) in [6, 6.07) is 5.97. The maximum absolute atomic E-state index is 13.1. The lowest BCUT2D eigenvalue weighted by molar-refractivity contribution is -0.141. The Bertz CT molecular complexity index is 749. The Balaban J connectivity index is 1.96. The molecule has 0 N–H and O–H groups in total. The molecule has 1 saturated carbocycles. The third-order valence-corrected chi connectivity index (χ3v) is 6.47. The summed E-state index contributed by atoms with van der Waals surface area (Å²) in [5, 5.41) is 0.